The second-order valence-corrected chi connectivity index (χ2v) is 4.18. The van der Waals surface area contributed by atoms with Crippen LogP contribution in [0.4, 0.5) is 0 Å². The zero-order valence-corrected chi connectivity index (χ0v) is 6.87. The number of hydrogen-bond acceptors (Lipinski definition) is 2. The molecule has 0 aromatic rings. The van der Waals surface area contributed by atoms with Crippen molar-refractivity contribution in [2.24, 2.45) is 0 Å². The average molecular weight is 185 g/mol. The van der Waals surface area contributed by atoms with E-state index in [-0.39, 0.29) is 5.38 Å². The van der Waals surface area contributed by atoms with Gasteiger partial charge in [0.25, 0.3) is 0 Å². The highest BCUT2D eigenvalue weighted by molar-refractivity contribution is 8.27. The van der Waals surface area contributed by atoms with E-state index in [1.165, 1.54) is 11.8 Å². The van der Waals surface area contributed by atoms with Gasteiger partial charge in [-0.15, -0.1) is 11.6 Å². The summed E-state index contributed by atoms with van der Waals surface area (Å²) in [4.78, 5) is 0. The van der Waals surface area contributed by atoms with Crippen molar-refractivity contribution in [3.8, 4) is 0 Å². The summed E-state index contributed by atoms with van der Waals surface area (Å²) in [5.74, 6) is 0. The minimum absolute atomic E-state index is 0.137. The van der Waals surface area contributed by atoms with E-state index < -0.39 is 0 Å². The van der Waals surface area contributed by atoms with Crippen molar-refractivity contribution in [3.05, 3.63) is 10.4 Å². The summed E-state index contributed by atoms with van der Waals surface area (Å²) < 4.78 is 1.44. The van der Waals surface area contributed by atoms with Crippen LogP contribution in [0.25, 0.3) is 0 Å². The Kier molecular flexibility index (Phi) is 2.20. The summed E-state index contributed by atoms with van der Waals surface area (Å²) in [7, 11) is 0. The highest BCUT2D eigenvalue weighted by atomic mass is 35.5. The van der Waals surface area contributed by atoms with Crippen molar-refractivity contribution in [2.75, 3.05) is 0 Å². The minimum Gasteiger partial charge on any atom is -0.112 e. The second-order valence-electron chi connectivity index (χ2n) is 1.29. The zero-order valence-electron chi connectivity index (χ0n) is 3.73. The molecule has 0 saturated carbocycles. The average Bonchev–Trinajstić information content (AvgIpc) is 1.85. The van der Waals surface area contributed by atoms with Gasteiger partial charge >= 0.3 is 0 Å². The van der Waals surface area contributed by atoms with Crippen LogP contribution in [0.2, 0.25) is 0 Å². The Bertz CT molecular complexity index is 152. The van der Waals surface area contributed by atoms with Crippen molar-refractivity contribution in [1.82, 2.24) is 0 Å². The number of rotatable bonds is 0. The van der Waals surface area contributed by atoms with Crippen molar-refractivity contribution in [2.45, 2.75) is 5.38 Å². The van der Waals surface area contributed by atoms with Crippen LogP contribution in [0.5, 0.6) is 0 Å². The lowest BCUT2D eigenvalue weighted by Crippen LogP contribution is -1.96. The molecule has 0 N–H and O–H groups in total. The van der Waals surface area contributed by atoms with Crippen molar-refractivity contribution >= 4 is 51.4 Å². The van der Waals surface area contributed by atoms with Crippen LogP contribution in [0.15, 0.2) is 10.4 Å². The fourth-order valence-corrected chi connectivity index (χ4v) is 2.20. The lowest BCUT2D eigenvalue weighted by Gasteiger charge is -1.90. The molecule has 0 aromatic heterocycles. The first kappa shape index (κ1) is 6.87. The third-order valence-electron chi connectivity index (χ3n) is 0.701. The maximum atomic E-state index is 5.63. The monoisotopic (exact) mass is 184 g/mol. The summed E-state index contributed by atoms with van der Waals surface area (Å²) in [6.45, 7) is 0. The largest absolute Gasteiger partial charge is 0.112 e. The van der Waals surface area contributed by atoms with Crippen LogP contribution in [-0.2, 0) is 0 Å². The van der Waals surface area contributed by atoms with Gasteiger partial charge in [-0.1, -0.05) is 35.6 Å². The molecule has 1 unspecified atom stereocenters. The molecule has 0 saturated heterocycles. The molecule has 0 aliphatic carbocycles. The minimum atomic E-state index is -0.137. The van der Waals surface area contributed by atoms with Gasteiger partial charge < -0.3 is 0 Å². The zero-order chi connectivity index (χ0) is 6.15. The van der Waals surface area contributed by atoms with Gasteiger partial charge in [0.1, 0.15) is 0 Å². The van der Waals surface area contributed by atoms with Gasteiger partial charge in [-0.05, 0) is 6.08 Å². The van der Waals surface area contributed by atoms with Gasteiger partial charge in [0.05, 0.1) is 13.9 Å². The summed E-state index contributed by atoms with van der Waals surface area (Å²) >= 11 is 17.4. The molecule has 1 heterocycles. The Morgan fingerprint density at radius 1 is 1.75 bits per heavy atom. The van der Waals surface area contributed by atoms with Crippen molar-refractivity contribution in [3.63, 3.8) is 0 Å². The first-order chi connectivity index (χ1) is 3.70. The maximum Gasteiger partial charge on any atom is 0.0953 e. The Balaban J connectivity index is 2.69. The van der Waals surface area contributed by atoms with Gasteiger partial charge in [0.15, 0.2) is 0 Å². The van der Waals surface area contributed by atoms with E-state index in [1.807, 2.05) is 0 Å². The highest BCUT2D eigenvalue weighted by Crippen LogP contribution is 2.33. The summed E-state index contributed by atoms with van der Waals surface area (Å²) in [5, 5.41) is -0.137. The molecular formula is C4H2Cl2S2. The quantitative estimate of drug-likeness (QED) is 0.420. The van der Waals surface area contributed by atoms with Gasteiger partial charge in [-0.3, -0.25) is 0 Å². The van der Waals surface area contributed by atoms with E-state index in [9.17, 15) is 0 Å². The first-order valence-corrected chi connectivity index (χ1v) is 3.97. The number of thiocarbonyl (C=S) groups is 1. The molecule has 1 aliphatic heterocycles. The Hall–Kier alpha value is 0.760. The third kappa shape index (κ3) is 1.38. The molecule has 1 atom stereocenters. The lowest BCUT2D eigenvalue weighted by molar-refractivity contribution is 1.59. The Morgan fingerprint density at radius 3 is 2.50 bits per heavy atom. The van der Waals surface area contributed by atoms with Crippen LogP contribution in [0.1, 0.15) is 0 Å². The van der Waals surface area contributed by atoms with E-state index in [0.717, 1.165) is 4.20 Å². The summed E-state index contributed by atoms with van der Waals surface area (Å²) in [6, 6.07) is 0. The van der Waals surface area contributed by atoms with Gasteiger partial charge in [-0.2, -0.15) is 0 Å². The number of hydrogen-bond donors (Lipinski definition) is 0. The van der Waals surface area contributed by atoms with Crippen LogP contribution in [0, 0.1) is 0 Å². The number of alkyl halides is 1. The Labute approximate surface area is 67.2 Å². The molecule has 44 valence electrons. The van der Waals surface area contributed by atoms with Crippen LogP contribution in [0.3, 0.4) is 0 Å². The van der Waals surface area contributed by atoms with Gasteiger partial charge in [-0.25, -0.2) is 0 Å². The van der Waals surface area contributed by atoms with Crippen molar-refractivity contribution in [1.29, 1.82) is 0 Å². The molecule has 0 radical (unpaired) electrons. The fourth-order valence-electron chi connectivity index (χ4n) is 0.369. The van der Waals surface area contributed by atoms with Crippen LogP contribution < -0.4 is 0 Å². The standard InChI is InChI=1S/C4H2Cl2S2/c5-2-1-3(6)8-4(2)7/h1-2H. The van der Waals surface area contributed by atoms with E-state index in [2.05, 4.69) is 0 Å². The van der Waals surface area contributed by atoms with Crippen LogP contribution >= 0.6 is 47.2 Å². The van der Waals surface area contributed by atoms with Crippen LogP contribution in [-0.4, -0.2) is 9.57 Å². The summed E-state index contributed by atoms with van der Waals surface area (Å²) in [6.07, 6.45) is 1.73. The fraction of sp³-hybridized carbons (Fsp3) is 0.250. The van der Waals surface area contributed by atoms with Gasteiger partial charge in [0, 0.05) is 0 Å². The molecule has 0 aromatic carbocycles. The molecule has 1 rings (SSSR count). The predicted molar refractivity (Wildman–Crippen MR) is 43.8 cm³/mol. The van der Waals surface area contributed by atoms with E-state index in [0.29, 0.717) is 4.36 Å². The predicted octanol–water partition coefficient (Wildman–Crippen LogP) is 2.75. The molecule has 0 nitrogen and oxygen atoms in total. The summed E-state index contributed by atoms with van der Waals surface area (Å²) in [5.41, 5.74) is 0. The smallest absolute Gasteiger partial charge is 0.0953 e. The molecule has 0 spiro atoms. The molecular weight excluding hydrogens is 183 g/mol. The molecule has 4 heteroatoms. The maximum absolute atomic E-state index is 5.63. The topological polar surface area (TPSA) is 0 Å². The third-order valence-corrected chi connectivity index (χ3v) is 2.95. The Morgan fingerprint density at radius 2 is 2.38 bits per heavy atom. The number of halogens is 2. The molecule has 0 amide bonds. The van der Waals surface area contributed by atoms with Gasteiger partial charge in [0.2, 0.25) is 0 Å². The van der Waals surface area contributed by atoms with E-state index in [1.54, 1.807) is 6.08 Å². The molecule has 8 heavy (non-hydrogen) atoms. The van der Waals surface area contributed by atoms with E-state index in [4.69, 9.17) is 35.4 Å². The normalized spacial score (nSPS) is 28.5. The van der Waals surface area contributed by atoms with Crippen molar-refractivity contribution < 1.29 is 0 Å². The second kappa shape index (κ2) is 2.56. The molecule has 0 fully saturated rings. The van der Waals surface area contributed by atoms with E-state index >= 15 is 0 Å². The molecule has 0 bridgehead atoms. The number of thioether (sulfide) groups is 1. The SMILES string of the molecule is S=C1SC(Cl)=CC1Cl. The number of allylic oxidation sites excluding steroid dienone is 1. The first-order valence-electron chi connectivity index (χ1n) is 1.93. The molecule has 1 aliphatic rings. The highest BCUT2D eigenvalue weighted by Gasteiger charge is 2.17. The lowest BCUT2D eigenvalue weighted by atomic mass is 10.5.